The summed E-state index contributed by atoms with van der Waals surface area (Å²) >= 11 is 1.72. The second kappa shape index (κ2) is 7.57. The van der Waals surface area contributed by atoms with Gasteiger partial charge in [0.2, 0.25) is 0 Å². The van der Waals surface area contributed by atoms with E-state index in [1.54, 1.807) is 17.8 Å². The molecule has 0 unspecified atom stereocenters. The van der Waals surface area contributed by atoms with Crippen molar-refractivity contribution < 1.29 is 9.66 Å². The summed E-state index contributed by atoms with van der Waals surface area (Å²) in [4.78, 5) is 11.6. The lowest BCUT2D eigenvalue weighted by molar-refractivity contribution is -0.384. The Kier molecular flexibility index (Phi) is 5.25. The Morgan fingerprint density at radius 2 is 1.83 bits per heavy atom. The number of thioether (sulfide) groups is 1. The minimum absolute atomic E-state index is 0.117. The molecule has 1 aliphatic carbocycles. The molecule has 1 fully saturated rings. The zero-order valence-electron chi connectivity index (χ0n) is 13.3. The van der Waals surface area contributed by atoms with E-state index in [2.05, 4.69) is 0 Å². The van der Waals surface area contributed by atoms with Crippen molar-refractivity contribution in [2.24, 2.45) is 0 Å². The Balaban J connectivity index is 1.92. The SMILES string of the molecule is Nc1cc(SC2CCCCC2)c(Oc2ccccc2)cc1[N+](=O)[O-]. The quantitative estimate of drug-likeness (QED) is 0.447. The lowest BCUT2D eigenvalue weighted by atomic mass is 10.0. The first kappa shape index (κ1) is 16.6. The van der Waals surface area contributed by atoms with E-state index in [1.165, 1.54) is 25.3 Å². The molecule has 1 saturated carbocycles. The van der Waals surface area contributed by atoms with Crippen LogP contribution in [-0.4, -0.2) is 10.2 Å². The van der Waals surface area contributed by atoms with Crippen LogP contribution in [0.1, 0.15) is 32.1 Å². The molecule has 3 rings (SSSR count). The monoisotopic (exact) mass is 344 g/mol. The zero-order chi connectivity index (χ0) is 16.9. The van der Waals surface area contributed by atoms with Crippen molar-refractivity contribution in [2.75, 3.05) is 5.73 Å². The lowest BCUT2D eigenvalue weighted by Crippen LogP contribution is -2.08. The molecule has 0 heterocycles. The number of rotatable bonds is 5. The number of nitro groups is 1. The number of hydrogen-bond acceptors (Lipinski definition) is 5. The molecule has 6 heteroatoms. The Morgan fingerprint density at radius 1 is 1.12 bits per heavy atom. The van der Waals surface area contributed by atoms with Gasteiger partial charge in [-0.15, -0.1) is 11.8 Å². The van der Waals surface area contributed by atoms with E-state index in [4.69, 9.17) is 10.5 Å². The van der Waals surface area contributed by atoms with Crippen LogP contribution in [0.25, 0.3) is 0 Å². The van der Waals surface area contributed by atoms with Crippen LogP contribution in [0, 0.1) is 10.1 Å². The lowest BCUT2D eigenvalue weighted by Gasteiger charge is -2.22. The molecule has 2 N–H and O–H groups in total. The van der Waals surface area contributed by atoms with Gasteiger partial charge in [-0.05, 0) is 31.0 Å². The molecule has 0 atom stereocenters. The van der Waals surface area contributed by atoms with Gasteiger partial charge in [-0.2, -0.15) is 0 Å². The molecule has 0 amide bonds. The first-order valence-corrected chi connectivity index (χ1v) is 8.99. The molecular weight excluding hydrogens is 324 g/mol. The topological polar surface area (TPSA) is 78.4 Å². The molecule has 5 nitrogen and oxygen atoms in total. The van der Waals surface area contributed by atoms with Gasteiger partial charge in [-0.1, -0.05) is 37.5 Å². The van der Waals surface area contributed by atoms with Gasteiger partial charge in [0.15, 0.2) is 0 Å². The Labute approximate surface area is 145 Å². The van der Waals surface area contributed by atoms with Crippen LogP contribution >= 0.6 is 11.8 Å². The highest BCUT2D eigenvalue weighted by Gasteiger charge is 2.22. The minimum Gasteiger partial charge on any atom is -0.456 e. The van der Waals surface area contributed by atoms with E-state index in [0.717, 1.165) is 17.7 Å². The molecule has 0 spiro atoms. The standard InChI is InChI=1S/C18H20N2O3S/c19-15-11-18(24-14-9-5-2-6-10-14)17(12-16(15)20(21)22)23-13-7-3-1-4-8-13/h1,3-4,7-8,11-12,14H,2,5-6,9-10,19H2. The molecule has 0 aromatic heterocycles. The van der Waals surface area contributed by atoms with Gasteiger partial charge in [0, 0.05) is 5.25 Å². The van der Waals surface area contributed by atoms with E-state index >= 15 is 0 Å². The summed E-state index contributed by atoms with van der Waals surface area (Å²) in [6, 6.07) is 12.4. The third kappa shape index (κ3) is 4.00. The summed E-state index contributed by atoms with van der Waals surface area (Å²) < 4.78 is 5.92. The molecular formula is C18H20N2O3S. The summed E-state index contributed by atoms with van der Waals surface area (Å²) in [5.74, 6) is 1.15. The van der Waals surface area contributed by atoms with Crippen LogP contribution in [0.3, 0.4) is 0 Å². The van der Waals surface area contributed by atoms with Crippen LogP contribution < -0.4 is 10.5 Å². The average molecular weight is 344 g/mol. The van der Waals surface area contributed by atoms with Gasteiger partial charge in [0.05, 0.1) is 15.9 Å². The molecule has 1 aliphatic rings. The summed E-state index contributed by atoms with van der Waals surface area (Å²) in [7, 11) is 0. The maximum absolute atomic E-state index is 11.2. The zero-order valence-corrected chi connectivity index (χ0v) is 14.1. The molecule has 2 aromatic carbocycles. The fraction of sp³-hybridized carbons (Fsp3) is 0.333. The largest absolute Gasteiger partial charge is 0.456 e. The summed E-state index contributed by atoms with van der Waals surface area (Å²) in [5.41, 5.74) is 5.94. The van der Waals surface area contributed by atoms with Crippen LogP contribution in [0.5, 0.6) is 11.5 Å². The van der Waals surface area contributed by atoms with Crippen LogP contribution in [0.15, 0.2) is 47.4 Å². The van der Waals surface area contributed by atoms with E-state index in [-0.39, 0.29) is 11.4 Å². The number of nitrogens with two attached hydrogens (primary N) is 1. The number of para-hydroxylation sites is 1. The van der Waals surface area contributed by atoms with E-state index in [9.17, 15) is 10.1 Å². The Bertz CT molecular complexity index is 716. The van der Waals surface area contributed by atoms with Crippen LogP contribution in [0.2, 0.25) is 0 Å². The van der Waals surface area contributed by atoms with Gasteiger partial charge in [0.1, 0.15) is 17.2 Å². The third-order valence-corrected chi connectivity index (χ3v) is 5.48. The first-order valence-electron chi connectivity index (χ1n) is 8.11. The maximum atomic E-state index is 11.2. The predicted molar refractivity (Wildman–Crippen MR) is 96.8 cm³/mol. The number of ether oxygens (including phenoxy) is 1. The summed E-state index contributed by atoms with van der Waals surface area (Å²) in [5, 5.41) is 11.7. The van der Waals surface area contributed by atoms with Crippen molar-refractivity contribution in [3.63, 3.8) is 0 Å². The molecule has 0 saturated heterocycles. The molecule has 0 radical (unpaired) electrons. The Hall–Kier alpha value is -2.21. The molecule has 2 aromatic rings. The second-order valence-corrected chi connectivity index (χ2v) is 7.25. The Morgan fingerprint density at radius 3 is 2.50 bits per heavy atom. The van der Waals surface area contributed by atoms with Crippen molar-refractivity contribution in [3.8, 4) is 11.5 Å². The van der Waals surface area contributed by atoms with E-state index < -0.39 is 4.92 Å². The number of anilines is 1. The average Bonchev–Trinajstić information content (AvgIpc) is 2.59. The normalized spacial score (nSPS) is 15.2. The van der Waals surface area contributed by atoms with Crippen molar-refractivity contribution in [1.82, 2.24) is 0 Å². The fourth-order valence-electron chi connectivity index (χ4n) is 2.87. The predicted octanol–water partition coefficient (Wildman–Crippen LogP) is 5.39. The number of hydrogen-bond donors (Lipinski definition) is 1. The maximum Gasteiger partial charge on any atom is 0.295 e. The van der Waals surface area contributed by atoms with Gasteiger partial charge in [-0.3, -0.25) is 10.1 Å². The van der Waals surface area contributed by atoms with Gasteiger partial charge in [0.25, 0.3) is 5.69 Å². The first-order chi connectivity index (χ1) is 11.6. The highest BCUT2D eigenvalue weighted by Crippen LogP contribution is 2.43. The number of nitrogen functional groups attached to an aromatic ring is 1. The van der Waals surface area contributed by atoms with Crippen molar-refractivity contribution in [3.05, 3.63) is 52.6 Å². The molecule has 126 valence electrons. The number of nitro benzene ring substituents is 1. The summed E-state index contributed by atoms with van der Waals surface area (Å²) in [6.45, 7) is 0. The third-order valence-electron chi connectivity index (χ3n) is 4.11. The summed E-state index contributed by atoms with van der Waals surface area (Å²) in [6.07, 6.45) is 6.06. The van der Waals surface area contributed by atoms with Crippen LogP contribution in [-0.2, 0) is 0 Å². The molecule has 0 bridgehead atoms. The highest BCUT2D eigenvalue weighted by molar-refractivity contribution is 8.00. The van der Waals surface area contributed by atoms with Gasteiger partial charge >= 0.3 is 0 Å². The fourth-order valence-corrected chi connectivity index (χ4v) is 4.21. The highest BCUT2D eigenvalue weighted by atomic mass is 32.2. The van der Waals surface area contributed by atoms with Crippen molar-refractivity contribution in [1.29, 1.82) is 0 Å². The van der Waals surface area contributed by atoms with Gasteiger partial charge < -0.3 is 10.5 Å². The minimum atomic E-state index is -0.470. The number of nitrogens with zero attached hydrogens (tertiary/aromatic N) is 1. The van der Waals surface area contributed by atoms with Crippen molar-refractivity contribution >= 4 is 23.1 Å². The van der Waals surface area contributed by atoms with E-state index in [0.29, 0.717) is 16.7 Å². The second-order valence-electron chi connectivity index (χ2n) is 5.91. The molecule has 0 aliphatic heterocycles. The smallest absolute Gasteiger partial charge is 0.295 e. The van der Waals surface area contributed by atoms with Gasteiger partial charge in [-0.25, -0.2) is 0 Å². The molecule has 24 heavy (non-hydrogen) atoms. The van der Waals surface area contributed by atoms with E-state index in [1.807, 2.05) is 30.3 Å². The van der Waals surface area contributed by atoms with Crippen LogP contribution in [0.4, 0.5) is 11.4 Å². The van der Waals surface area contributed by atoms with Crippen molar-refractivity contribution in [2.45, 2.75) is 42.2 Å². The number of benzene rings is 2.